The van der Waals surface area contributed by atoms with E-state index in [0.29, 0.717) is 23.6 Å². The zero-order chi connectivity index (χ0) is 21.5. The number of benzene rings is 2. The average Bonchev–Trinajstić information content (AvgIpc) is 3.07. The van der Waals surface area contributed by atoms with E-state index >= 15 is 0 Å². The second-order valence-corrected chi connectivity index (χ2v) is 6.90. The number of nitrogens with zero attached hydrogens (tertiary/aromatic N) is 1. The van der Waals surface area contributed by atoms with E-state index < -0.39 is 5.97 Å². The minimum absolute atomic E-state index is 0.279. The summed E-state index contributed by atoms with van der Waals surface area (Å²) in [5, 5.41) is 6.64. The van der Waals surface area contributed by atoms with Crippen molar-refractivity contribution < 1.29 is 23.6 Å². The van der Waals surface area contributed by atoms with Crippen molar-refractivity contribution in [2.45, 2.75) is 33.9 Å². The average molecular weight is 408 g/mol. The molecule has 7 heteroatoms. The molecule has 0 bridgehead atoms. The topological polar surface area (TPSA) is 90.7 Å². The molecule has 156 valence electrons. The molecule has 1 aromatic heterocycles. The highest BCUT2D eigenvalue weighted by Gasteiger charge is 2.13. The van der Waals surface area contributed by atoms with Gasteiger partial charge < -0.3 is 19.3 Å². The van der Waals surface area contributed by atoms with Crippen LogP contribution in [0.5, 0.6) is 5.75 Å². The third-order valence-electron chi connectivity index (χ3n) is 4.71. The number of nitrogens with one attached hydrogen (secondary N) is 1. The summed E-state index contributed by atoms with van der Waals surface area (Å²) in [6.45, 7) is 5.94. The number of esters is 1. The van der Waals surface area contributed by atoms with Crippen LogP contribution in [0.15, 0.2) is 53.1 Å². The first-order chi connectivity index (χ1) is 14.4. The van der Waals surface area contributed by atoms with Crippen LogP contribution < -0.4 is 10.1 Å². The molecule has 1 amide bonds. The fourth-order valence-electron chi connectivity index (χ4n) is 2.84. The predicted molar refractivity (Wildman–Crippen MR) is 110 cm³/mol. The summed E-state index contributed by atoms with van der Waals surface area (Å²) in [4.78, 5) is 24.3. The molecule has 0 aliphatic heterocycles. The lowest BCUT2D eigenvalue weighted by atomic mass is 10.1. The van der Waals surface area contributed by atoms with E-state index in [9.17, 15) is 9.59 Å². The van der Waals surface area contributed by atoms with Crippen LogP contribution in [-0.2, 0) is 22.7 Å². The van der Waals surface area contributed by atoms with E-state index in [4.69, 9.17) is 14.0 Å². The van der Waals surface area contributed by atoms with Crippen LogP contribution in [0.2, 0.25) is 0 Å². The number of hydrogen-bond donors (Lipinski definition) is 1. The van der Waals surface area contributed by atoms with Gasteiger partial charge in [-0.15, -0.1) is 0 Å². The van der Waals surface area contributed by atoms with Gasteiger partial charge in [0.25, 0.3) is 5.91 Å². The molecule has 0 saturated carbocycles. The number of aromatic nitrogens is 1. The molecule has 0 spiro atoms. The molecule has 0 aliphatic carbocycles. The molecule has 2 aromatic carbocycles. The van der Waals surface area contributed by atoms with Crippen molar-refractivity contribution in [1.82, 2.24) is 10.5 Å². The van der Waals surface area contributed by atoms with Crippen molar-refractivity contribution in [1.29, 1.82) is 0 Å². The van der Waals surface area contributed by atoms with Crippen molar-refractivity contribution in [2.75, 3.05) is 6.61 Å². The van der Waals surface area contributed by atoms with Gasteiger partial charge in [-0.2, -0.15) is 0 Å². The van der Waals surface area contributed by atoms with Gasteiger partial charge in [-0.05, 0) is 50.1 Å². The SMILES string of the molecule is Cc1ccccc1CNC(=O)COC(=O)c1cccc(OCc2c(C)noc2C)c1. The Morgan fingerprint density at radius 1 is 1.07 bits per heavy atom. The summed E-state index contributed by atoms with van der Waals surface area (Å²) in [5.74, 6) is 0.245. The van der Waals surface area contributed by atoms with E-state index in [-0.39, 0.29) is 19.1 Å². The maximum absolute atomic E-state index is 12.3. The highest BCUT2D eigenvalue weighted by atomic mass is 16.5. The molecule has 0 atom stereocenters. The Morgan fingerprint density at radius 3 is 2.60 bits per heavy atom. The zero-order valence-corrected chi connectivity index (χ0v) is 17.2. The van der Waals surface area contributed by atoms with Gasteiger partial charge >= 0.3 is 5.97 Å². The minimum Gasteiger partial charge on any atom is -0.489 e. The van der Waals surface area contributed by atoms with Gasteiger partial charge in [0, 0.05) is 6.54 Å². The smallest absolute Gasteiger partial charge is 0.338 e. The standard InChI is InChI=1S/C23H24N2O5/c1-15-7-4-5-8-19(15)12-24-22(26)14-29-23(27)18-9-6-10-20(11-18)28-13-21-16(2)25-30-17(21)3/h4-11H,12-14H2,1-3H3,(H,24,26). The van der Waals surface area contributed by atoms with E-state index in [2.05, 4.69) is 10.5 Å². The highest BCUT2D eigenvalue weighted by Crippen LogP contribution is 2.19. The van der Waals surface area contributed by atoms with E-state index in [1.807, 2.05) is 45.0 Å². The number of rotatable bonds is 8. The lowest BCUT2D eigenvalue weighted by Gasteiger charge is -2.10. The van der Waals surface area contributed by atoms with Gasteiger partial charge in [-0.1, -0.05) is 35.5 Å². The fourth-order valence-corrected chi connectivity index (χ4v) is 2.84. The monoisotopic (exact) mass is 408 g/mol. The molecule has 0 aliphatic rings. The first-order valence-electron chi connectivity index (χ1n) is 9.57. The summed E-state index contributed by atoms with van der Waals surface area (Å²) in [7, 11) is 0. The molecule has 0 radical (unpaired) electrons. The van der Waals surface area contributed by atoms with Gasteiger partial charge in [-0.25, -0.2) is 4.79 Å². The van der Waals surface area contributed by atoms with Crippen molar-refractivity contribution >= 4 is 11.9 Å². The number of carbonyl (C=O) groups is 2. The molecule has 0 saturated heterocycles. The van der Waals surface area contributed by atoms with Gasteiger partial charge in [0.1, 0.15) is 18.1 Å². The Bertz CT molecular complexity index is 1020. The molecule has 0 fully saturated rings. The summed E-state index contributed by atoms with van der Waals surface area (Å²) >= 11 is 0. The number of amides is 1. The molecular weight excluding hydrogens is 384 g/mol. The summed E-state index contributed by atoms with van der Waals surface area (Å²) in [6.07, 6.45) is 0. The zero-order valence-electron chi connectivity index (χ0n) is 17.2. The van der Waals surface area contributed by atoms with E-state index in [1.54, 1.807) is 24.3 Å². The largest absolute Gasteiger partial charge is 0.489 e. The first-order valence-corrected chi connectivity index (χ1v) is 9.57. The molecule has 1 heterocycles. The molecule has 0 unspecified atom stereocenters. The Kier molecular flexibility index (Phi) is 6.85. The first kappa shape index (κ1) is 21.1. The minimum atomic E-state index is -0.594. The third-order valence-corrected chi connectivity index (χ3v) is 4.71. The van der Waals surface area contributed by atoms with Crippen molar-refractivity contribution in [3.05, 3.63) is 82.2 Å². The van der Waals surface area contributed by atoms with Crippen LogP contribution in [0.3, 0.4) is 0 Å². The number of ether oxygens (including phenoxy) is 2. The van der Waals surface area contributed by atoms with Gasteiger partial charge in [-0.3, -0.25) is 4.79 Å². The summed E-state index contributed by atoms with van der Waals surface area (Å²) in [5.41, 5.74) is 4.04. The fraction of sp³-hybridized carbons (Fsp3) is 0.261. The van der Waals surface area contributed by atoms with Crippen molar-refractivity contribution in [2.24, 2.45) is 0 Å². The maximum Gasteiger partial charge on any atom is 0.338 e. The lowest BCUT2D eigenvalue weighted by Crippen LogP contribution is -2.28. The Morgan fingerprint density at radius 2 is 1.87 bits per heavy atom. The van der Waals surface area contributed by atoms with E-state index in [0.717, 1.165) is 22.4 Å². The molecule has 1 N–H and O–H groups in total. The third kappa shape index (κ3) is 5.47. The molecule has 3 rings (SSSR count). The number of hydrogen-bond acceptors (Lipinski definition) is 6. The molecule has 3 aromatic rings. The van der Waals surface area contributed by atoms with Crippen molar-refractivity contribution in [3.8, 4) is 5.75 Å². The summed E-state index contributed by atoms with van der Waals surface area (Å²) in [6, 6.07) is 14.4. The molecule has 7 nitrogen and oxygen atoms in total. The van der Waals surface area contributed by atoms with Crippen LogP contribution in [0.4, 0.5) is 0 Å². The van der Waals surface area contributed by atoms with Gasteiger partial charge in [0.05, 0.1) is 16.8 Å². The lowest BCUT2D eigenvalue weighted by molar-refractivity contribution is -0.124. The molecule has 30 heavy (non-hydrogen) atoms. The summed E-state index contributed by atoms with van der Waals surface area (Å²) < 4.78 is 16.0. The van der Waals surface area contributed by atoms with Crippen LogP contribution in [0, 0.1) is 20.8 Å². The number of carbonyl (C=O) groups excluding carboxylic acids is 2. The Labute approximate surface area is 175 Å². The van der Waals surface area contributed by atoms with Crippen LogP contribution in [0.25, 0.3) is 0 Å². The van der Waals surface area contributed by atoms with Crippen LogP contribution >= 0.6 is 0 Å². The van der Waals surface area contributed by atoms with Gasteiger partial charge in [0.15, 0.2) is 6.61 Å². The van der Waals surface area contributed by atoms with Gasteiger partial charge in [0.2, 0.25) is 0 Å². The van der Waals surface area contributed by atoms with Crippen molar-refractivity contribution in [3.63, 3.8) is 0 Å². The molecular formula is C23H24N2O5. The van der Waals surface area contributed by atoms with Crippen LogP contribution in [-0.4, -0.2) is 23.6 Å². The quantitative estimate of drug-likeness (QED) is 0.572. The second-order valence-electron chi connectivity index (χ2n) is 6.90. The maximum atomic E-state index is 12.3. The highest BCUT2D eigenvalue weighted by molar-refractivity contribution is 5.91. The van der Waals surface area contributed by atoms with E-state index in [1.165, 1.54) is 0 Å². The number of aryl methyl sites for hydroxylation is 3. The Balaban J connectivity index is 1.50. The second kappa shape index (κ2) is 9.73. The normalized spacial score (nSPS) is 10.5. The van der Waals surface area contributed by atoms with Crippen LogP contribution in [0.1, 0.15) is 38.5 Å². The Hall–Kier alpha value is -3.61. The predicted octanol–water partition coefficient (Wildman–Crippen LogP) is 3.65.